The molecule has 0 aliphatic rings. The maximum Gasteiger partial charge on any atom is 0.305 e. The summed E-state index contributed by atoms with van der Waals surface area (Å²) in [6.07, 6.45) is 0.368. The Labute approximate surface area is 110 Å². The number of aliphatic carboxylic acids is 2. The fourth-order valence-electron chi connectivity index (χ4n) is 0.976. The van der Waals surface area contributed by atoms with E-state index in [2.05, 4.69) is 0 Å². The van der Waals surface area contributed by atoms with Gasteiger partial charge in [-0.25, -0.2) is 0 Å². The highest BCUT2D eigenvalue weighted by Gasteiger charge is 2.02. The van der Waals surface area contributed by atoms with Gasteiger partial charge < -0.3 is 20.4 Å². The van der Waals surface area contributed by atoms with Crippen molar-refractivity contribution < 1.29 is 30.0 Å². The molecule has 0 bridgehead atoms. The quantitative estimate of drug-likeness (QED) is 0.620. The van der Waals surface area contributed by atoms with Gasteiger partial charge in [0.2, 0.25) is 0 Å². The van der Waals surface area contributed by atoms with Crippen molar-refractivity contribution in [2.45, 2.75) is 26.7 Å². The number of carboxylic acids is 2. The van der Waals surface area contributed by atoms with Crippen LogP contribution in [0.25, 0.3) is 0 Å². The average Bonchev–Trinajstić information content (AvgIpc) is 2.31. The molecule has 0 radical (unpaired) electrons. The van der Waals surface area contributed by atoms with Gasteiger partial charge in [-0.2, -0.15) is 0 Å². The number of rotatable bonds is 4. The maximum atomic E-state index is 10.2. The molecule has 0 aromatic heterocycles. The number of aromatic hydroxyl groups is 2. The Balaban J connectivity index is 0.000000459. The molecule has 0 unspecified atom stereocenters. The van der Waals surface area contributed by atoms with Gasteiger partial charge in [0.25, 0.3) is 0 Å². The summed E-state index contributed by atoms with van der Waals surface area (Å²) in [6.45, 7) is 3.28. The van der Waals surface area contributed by atoms with Crippen LogP contribution >= 0.6 is 0 Å². The smallest absolute Gasteiger partial charge is 0.305 e. The molecule has 1 rings (SSSR count). The minimum atomic E-state index is -0.882. The first-order chi connectivity index (χ1) is 8.73. The van der Waals surface area contributed by atoms with Crippen molar-refractivity contribution in [3.05, 3.63) is 23.8 Å². The van der Waals surface area contributed by atoms with Crippen molar-refractivity contribution in [2.24, 2.45) is 5.92 Å². The molecule has 0 saturated carbocycles. The van der Waals surface area contributed by atoms with Crippen LogP contribution in [0.15, 0.2) is 18.2 Å². The Morgan fingerprint density at radius 3 is 2.00 bits per heavy atom. The number of phenolic OH excluding ortho intramolecular Hbond substituents is 2. The van der Waals surface area contributed by atoms with Crippen molar-refractivity contribution in [3.63, 3.8) is 0 Å². The molecule has 0 spiro atoms. The molecule has 0 amide bonds. The predicted molar refractivity (Wildman–Crippen MR) is 68.2 cm³/mol. The van der Waals surface area contributed by atoms with E-state index in [-0.39, 0.29) is 23.8 Å². The summed E-state index contributed by atoms with van der Waals surface area (Å²) in [4.78, 5) is 19.9. The van der Waals surface area contributed by atoms with Gasteiger partial charge in [0.05, 0.1) is 5.92 Å². The third-order valence-electron chi connectivity index (χ3n) is 2.16. The summed E-state index contributed by atoms with van der Waals surface area (Å²) >= 11 is 0. The van der Waals surface area contributed by atoms with Crippen LogP contribution in [0, 0.1) is 5.92 Å². The molecular formula is C13H18O6. The fourth-order valence-corrected chi connectivity index (χ4v) is 0.976. The fraction of sp³-hybridized carbons (Fsp3) is 0.385. The normalized spacial score (nSPS) is 9.63. The highest BCUT2D eigenvalue weighted by molar-refractivity contribution is 5.68. The highest BCUT2D eigenvalue weighted by atomic mass is 16.4. The van der Waals surface area contributed by atoms with E-state index >= 15 is 0 Å². The van der Waals surface area contributed by atoms with E-state index in [1.165, 1.54) is 12.1 Å². The molecule has 0 heterocycles. The third kappa shape index (κ3) is 7.64. The van der Waals surface area contributed by atoms with Gasteiger partial charge in [0, 0.05) is 6.42 Å². The summed E-state index contributed by atoms with van der Waals surface area (Å²) in [7, 11) is 0. The van der Waals surface area contributed by atoms with Crippen LogP contribution < -0.4 is 0 Å². The number of phenols is 2. The lowest BCUT2D eigenvalue weighted by Crippen LogP contribution is -2.03. The second kappa shape index (κ2) is 7.97. The van der Waals surface area contributed by atoms with Crippen LogP contribution in [0.3, 0.4) is 0 Å². The van der Waals surface area contributed by atoms with Crippen LogP contribution in [0.1, 0.15) is 25.8 Å². The topological polar surface area (TPSA) is 115 Å². The molecular weight excluding hydrogens is 252 g/mol. The summed E-state index contributed by atoms with van der Waals surface area (Å²) in [5, 5.41) is 34.4. The van der Waals surface area contributed by atoms with Gasteiger partial charge in [-0.05, 0) is 24.1 Å². The Morgan fingerprint density at radius 1 is 1.11 bits per heavy atom. The molecule has 6 heteroatoms. The molecule has 0 saturated heterocycles. The third-order valence-corrected chi connectivity index (χ3v) is 2.16. The maximum absolute atomic E-state index is 10.2. The Kier molecular flexibility index (Phi) is 7.03. The lowest BCUT2D eigenvalue weighted by atomic mass is 10.1. The minimum Gasteiger partial charge on any atom is -0.504 e. The van der Waals surface area contributed by atoms with E-state index in [0.717, 1.165) is 0 Å². The molecule has 0 fully saturated rings. The summed E-state index contributed by atoms with van der Waals surface area (Å²) in [6, 6.07) is 4.28. The van der Waals surface area contributed by atoms with Crippen molar-refractivity contribution in [3.8, 4) is 11.5 Å². The molecule has 0 atom stereocenters. The molecule has 1 aromatic rings. The number of hydrogen-bond donors (Lipinski definition) is 4. The monoisotopic (exact) mass is 270 g/mol. The Bertz CT molecular complexity index is 439. The van der Waals surface area contributed by atoms with Gasteiger partial charge in [-0.15, -0.1) is 0 Å². The van der Waals surface area contributed by atoms with E-state index in [9.17, 15) is 9.59 Å². The molecule has 19 heavy (non-hydrogen) atoms. The van der Waals surface area contributed by atoms with E-state index < -0.39 is 11.9 Å². The number of carboxylic acid groups (broad SMARTS) is 2. The van der Waals surface area contributed by atoms with Gasteiger partial charge in [0.15, 0.2) is 11.5 Å². The first-order valence-electron chi connectivity index (χ1n) is 5.69. The van der Waals surface area contributed by atoms with Crippen molar-refractivity contribution >= 4 is 11.9 Å². The van der Waals surface area contributed by atoms with Gasteiger partial charge in [-0.1, -0.05) is 19.9 Å². The predicted octanol–water partition coefficient (Wildman–Crippen LogP) is 1.84. The summed E-state index contributed by atoms with van der Waals surface area (Å²) < 4.78 is 0. The van der Waals surface area contributed by atoms with Crippen LogP contribution in [-0.4, -0.2) is 32.4 Å². The lowest BCUT2D eigenvalue weighted by molar-refractivity contribution is -0.140. The highest BCUT2D eigenvalue weighted by Crippen LogP contribution is 2.25. The second-order valence-electron chi connectivity index (χ2n) is 4.21. The number of hydrogen-bond acceptors (Lipinski definition) is 4. The summed E-state index contributed by atoms with van der Waals surface area (Å²) in [5.74, 6) is -2.27. The molecule has 0 aliphatic carbocycles. The number of carbonyl (C=O) groups is 2. The standard InChI is InChI=1S/C9H10O4.C4H8O2/c10-7-3-1-6(5-8(7)11)2-4-9(12)13;1-3(2)4(5)6/h1,3,5,10-11H,2,4H2,(H,12,13);3H,1-2H3,(H,5,6). The van der Waals surface area contributed by atoms with E-state index in [1.54, 1.807) is 19.9 Å². The van der Waals surface area contributed by atoms with Crippen LogP contribution in [-0.2, 0) is 16.0 Å². The van der Waals surface area contributed by atoms with E-state index in [1.807, 2.05) is 0 Å². The Morgan fingerprint density at radius 2 is 1.63 bits per heavy atom. The van der Waals surface area contributed by atoms with Crippen molar-refractivity contribution in [1.29, 1.82) is 0 Å². The van der Waals surface area contributed by atoms with Crippen LogP contribution in [0.4, 0.5) is 0 Å². The molecule has 106 valence electrons. The lowest BCUT2D eigenvalue weighted by Gasteiger charge is -2.01. The largest absolute Gasteiger partial charge is 0.504 e. The number of benzene rings is 1. The minimum absolute atomic E-state index is 0.0181. The molecule has 6 nitrogen and oxygen atoms in total. The van der Waals surface area contributed by atoms with Gasteiger partial charge in [0.1, 0.15) is 0 Å². The van der Waals surface area contributed by atoms with Crippen molar-refractivity contribution in [1.82, 2.24) is 0 Å². The van der Waals surface area contributed by atoms with Gasteiger partial charge >= 0.3 is 11.9 Å². The number of aryl methyl sites for hydroxylation is 1. The van der Waals surface area contributed by atoms with Crippen molar-refractivity contribution in [2.75, 3.05) is 0 Å². The molecule has 4 N–H and O–H groups in total. The first-order valence-corrected chi connectivity index (χ1v) is 5.69. The Hall–Kier alpha value is -2.24. The van der Waals surface area contributed by atoms with Crippen LogP contribution in [0.2, 0.25) is 0 Å². The average molecular weight is 270 g/mol. The molecule has 1 aromatic carbocycles. The van der Waals surface area contributed by atoms with E-state index in [4.69, 9.17) is 20.4 Å². The zero-order valence-corrected chi connectivity index (χ0v) is 10.8. The zero-order chi connectivity index (χ0) is 15.0. The second-order valence-corrected chi connectivity index (χ2v) is 4.21. The summed E-state index contributed by atoms with van der Waals surface area (Å²) in [5.41, 5.74) is 0.692. The van der Waals surface area contributed by atoms with Gasteiger partial charge in [-0.3, -0.25) is 9.59 Å². The molecule has 0 aliphatic heterocycles. The SMILES string of the molecule is CC(C)C(=O)O.O=C(O)CCc1ccc(O)c(O)c1. The zero-order valence-electron chi connectivity index (χ0n) is 10.8. The van der Waals surface area contributed by atoms with Crippen LogP contribution in [0.5, 0.6) is 11.5 Å². The van der Waals surface area contributed by atoms with E-state index in [0.29, 0.717) is 12.0 Å². The first kappa shape index (κ1) is 16.8.